The van der Waals surface area contributed by atoms with Crippen LogP contribution in [0.3, 0.4) is 0 Å². The van der Waals surface area contributed by atoms with Crippen molar-refractivity contribution in [3.63, 3.8) is 0 Å². The van der Waals surface area contributed by atoms with E-state index in [1.165, 1.54) is 6.92 Å². The van der Waals surface area contributed by atoms with Gasteiger partial charge in [0.25, 0.3) is 11.5 Å². The number of rotatable bonds is 7. The zero-order chi connectivity index (χ0) is 23.7. The summed E-state index contributed by atoms with van der Waals surface area (Å²) in [5.41, 5.74) is 0.754. The van der Waals surface area contributed by atoms with E-state index in [-0.39, 0.29) is 53.6 Å². The number of nitrogens with zero attached hydrogens (tertiary/aromatic N) is 2. The van der Waals surface area contributed by atoms with E-state index in [0.29, 0.717) is 6.54 Å². The van der Waals surface area contributed by atoms with E-state index in [1.807, 2.05) is 38.1 Å². The second kappa shape index (κ2) is 9.65. The number of para-hydroxylation sites is 1. The summed E-state index contributed by atoms with van der Waals surface area (Å²) >= 11 is 0. The molecule has 2 unspecified atom stereocenters. The molecule has 4 rings (SSSR count). The van der Waals surface area contributed by atoms with Gasteiger partial charge < -0.3 is 20.3 Å². The molecule has 0 spiro atoms. The molecule has 0 aliphatic carbocycles. The number of pyridine rings is 1. The largest absolute Gasteiger partial charge is 0.390 e. The fourth-order valence-corrected chi connectivity index (χ4v) is 5.48. The number of nitrogens with one attached hydrogen (secondary N) is 2. The van der Waals surface area contributed by atoms with Crippen molar-refractivity contribution in [2.45, 2.75) is 76.7 Å². The summed E-state index contributed by atoms with van der Waals surface area (Å²) in [4.78, 5) is 39.8. The molecule has 2 aromatic rings. The van der Waals surface area contributed by atoms with Gasteiger partial charge in [-0.2, -0.15) is 0 Å². The van der Waals surface area contributed by atoms with Gasteiger partial charge in [-0.3, -0.25) is 19.3 Å². The van der Waals surface area contributed by atoms with Crippen molar-refractivity contribution in [1.29, 1.82) is 0 Å². The van der Waals surface area contributed by atoms with Gasteiger partial charge in [0.05, 0.1) is 11.6 Å². The Bertz CT molecular complexity index is 1080. The quantitative estimate of drug-likeness (QED) is 0.592. The number of piperidine rings is 1. The Labute approximate surface area is 194 Å². The summed E-state index contributed by atoms with van der Waals surface area (Å²) in [6.07, 6.45) is 3.03. The number of aliphatic hydroxyl groups is 1. The molecule has 2 fully saturated rings. The number of aliphatic hydroxyl groups excluding tert-OH is 1. The smallest absolute Gasteiger partial charge is 0.264 e. The van der Waals surface area contributed by atoms with E-state index >= 15 is 0 Å². The van der Waals surface area contributed by atoms with Gasteiger partial charge in [0.2, 0.25) is 5.91 Å². The average molecular weight is 455 g/mol. The molecule has 0 saturated carbocycles. The maximum Gasteiger partial charge on any atom is 0.264 e. The molecule has 2 aliphatic heterocycles. The van der Waals surface area contributed by atoms with Gasteiger partial charge in [0.1, 0.15) is 5.56 Å². The Kier molecular flexibility index (Phi) is 6.86. The van der Waals surface area contributed by atoms with E-state index in [2.05, 4.69) is 15.5 Å². The third-order valence-electron chi connectivity index (χ3n) is 6.93. The molecule has 8 nitrogen and oxygen atoms in total. The van der Waals surface area contributed by atoms with Crippen molar-refractivity contribution in [2.75, 3.05) is 13.1 Å². The highest BCUT2D eigenvalue weighted by atomic mass is 16.3. The standard InChI is InChI=1S/C25H34N4O4/c1-15(2)29-23-7-5-4-6-17(23)10-22(25(29)33)24(32)27-18-11-19-8-9-20(12-18)28(19)14-21(31)13-26-16(3)30/h4-7,10,15,18-21,31H,8-9,11-14H2,1-3H3,(H,26,30)(H,27,32)/t18?,19-,20+,21?. The fourth-order valence-electron chi connectivity index (χ4n) is 5.48. The highest BCUT2D eigenvalue weighted by Gasteiger charge is 2.41. The predicted octanol–water partition coefficient (Wildman–Crippen LogP) is 1.80. The molecule has 4 atom stereocenters. The van der Waals surface area contributed by atoms with E-state index < -0.39 is 6.10 Å². The molecule has 2 aliphatic rings. The summed E-state index contributed by atoms with van der Waals surface area (Å²) in [5.74, 6) is -0.465. The van der Waals surface area contributed by atoms with Crippen LogP contribution in [0.25, 0.3) is 10.9 Å². The molecule has 8 heteroatoms. The Morgan fingerprint density at radius 3 is 2.45 bits per heavy atom. The van der Waals surface area contributed by atoms with E-state index in [1.54, 1.807) is 10.6 Å². The molecule has 2 amide bonds. The van der Waals surface area contributed by atoms with Crippen molar-refractivity contribution in [3.05, 3.63) is 46.2 Å². The highest BCUT2D eigenvalue weighted by molar-refractivity contribution is 5.97. The summed E-state index contributed by atoms with van der Waals surface area (Å²) in [5, 5.41) is 17.0. The van der Waals surface area contributed by atoms with Crippen LogP contribution >= 0.6 is 0 Å². The average Bonchev–Trinajstić information content (AvgIpc) is 2.99. The van der Waals surface area contributed by atoms with Crippen LogP contribution in [0.15, 0.2) is 35.1 Å². The van der Waals surface area contributed by atoms with Gasteiger partial charge in [-0.05, 0) is 57.0 Å². The fraction of sp³-hybridized carbons (Fsp3) is 0.560. The summed E-state index contributed by atoms with van der Waals surface area (Å²) in [6, 6.07) is 9.85. The second-order valence-electron chi connectivity index (χ2n) is 9.70. The maximum atomic E-state index is 13.2. The Hall–Kier alpha value is -2.71. The molecular weight excluding hydrogens is 420 g/mol. The van der Waals surface area contributed by atoms with Crippen molar-refractivity contribution in [3.8, 4) is 0 Å². The lowest BCUT2D eigenvalue weighted by Gasteiger charge is -2.40. The first kappa shape index (κ1) is 23.4. The third kappa shape index (κ3) is 4.96. The first-order valence-electron chi connectivity index (χ1n) is 11.9. The second-order valence-corrected chi connectivity index (χ2v) is 9.70. The van der Waals surface area contributed by atoms with Crippen LogP contribution in [-0.4, -0.2) is 63.7 Å². The molecule has 178 valence electrons. The maximum absolute atomic E-state index is 13.2. The molecule has 1 aromatic heterocycles. The molecule has 2 bridgehead atoms. The lowest BCUT2D eigenvalue weighted by atomic mass is 9.96. The number of hydrogen-bond acceptors (Lipinski definition) is 5. The van der Waals surface area contributed by atoms with Gasteiger partial charge >= 0.3 is 0 Å². The normalized spacial score (nSPS) is 23.6. The van der Waals surface area contributed by atoms with Crippen LogP contribution < -0.4 is 16.2 Å². The lowest BCUT2D eigenvalue weighted by molar-refractivity contribution is -0.119. The minimum atomic E-state index is -0.616. The Morgan fingerprint density at radius 1 is 1.15 bits per heavy atom. The predicted molar refractivity (Wildman–Crippen MR) is 127 cm³/mol. The summed E-state index contributed by atoms with van der Waals surface area (Å²) in [7, 11) is 0. The minimum Gasteiger partial charge on any atom is -0.390 e. The third-order valence-corrected chi connectivity index (χ3v) is 6.93. The monoisotopic (exact) mass is 454 g/mol. The number of hydrogen-bond donors (Lipinski definition) is 3. The number of amides is 2. The number of aromatic nitrogens is 1. The topological polar surface area (TPSA) is 104 Å². The zero-order valence-electron chi connectivity index (χ0n) is 19.6. The van der Waals surface area contributed by atoms with Gasteiger partial charge in [-0.15, -0.1) is 0 Å². The summed E-state index contributed by atoms with van der Waals surface area (Å²) in [6.45, 7) is 6.10. The van der Waals surface area contributed by atoms with Gasteiger partial charge in [-0.25, -0.2) is 0 Å². The SMILES string of the molecule is CC(=O)NCC(O)CN1[C@@H]2CC[C@H]1CC(NC(=O)c1cc3ccccc3n(C(C)C)c1=O)C2. The number of benzene rings is 1. The number of carbonyl (C=O) groups is 2. The van der Waals surface area contributed by atoms with Crippen LogP contribution in [0.5, 0.6) is 0 Å². The molecule has 2 saturated heterocycles. The summed E-state index contributed by atoms with van der Waals surface area (Å²) < 4.78 is 1.69. The highest BCUT2D eigenvalue weighted by Crippen LogP contribution is 2.35. The van der Waals surface area contributed by atoms with Crippen LogP contribution in [0.2, 0.25) is 0 Å². The first-order chi connectivity index (χ1) is 15.7. The number of fused-ring (bicyclic) bond motifs is 3. The van der Waals surface area contributed by atoms with Crippen molar-refractivity contribution < 1.29 is 14.7 Å². The van der Waals surface area contributed by atoms with E-state index in [9.17, 15) is 19.5 Å². The Balaban J connectivity index is 1.46. The van der Waals surface area contributed by atoms with Crippen LogP contribution in [0.4, 0.5) is 0 Å². The van der Waals surface area contributed by atoms with Crippen molar-refractivity contribution in [1.82, 2.24) is 20.1 Å². The van der Waals surface area contributed by atoms with Crippen LogP contribution in [0, 0.1) is 0 Å². The minimum absolute atomic E-state index is 0.00268. The molecule has 3 heterocycles. The van der Waals surface area contributed by atoms with E-state index in [4.69, 9.17) is 0 Å². The molecule has 1 aromatic carbocycles. The first-order valence-corrected chi connectivity index (χ1v) is 11.9. The van der Waals surface area contributed by atoms with Crippen molar-refractivity contribution in [2.24, 2.45) is 0 Å². The number of carbonyl (C=O) groups excluding carboxylic acids is 2. The van der Waals surface area contributed by atoms with Gasteiger partial charge in [0.15, 0.2) is 0 Å². The van der Waals surface area contributed by atoms with Gasteiger partial charge in [0, 0.05) is 44.2 Å². The Morgan fingerprint density at radius 2 is 1.82 bits per heavy atom. The molecule has 0 radical (unpaired) electrons. The molecular formula is C25H34N4O4. The van der Waals surface area contributed by atoms with E-state index in [0.717, 1.165) is 36.6 Å². The van der Waals surface area contributed by atoms with Gasteiger partial charge in [-0.1, -0.05) is 18.2 Å². The van der Waals surface area contributed by atoms with Crippen LogP contribution in [0.1, 0.15) is 62.9 Å². The van der Waals surface area contributed by atoms with Crippen molar-refractivity contribution >= 4 is 22.7 Å². The lowest BCUT2D eigenvalue weighted by Crippen LogP contribution is -2.53. The zero-order valence-corrected chi connectivity index (χ0v) is 19.6. The van der Waals surface area contributed by atoms with Crippen LogP contribution in [-0.2, 0) is 4.79 Å². The molecule has 3 N–H and O–H groups in total. The molecule has 33 heavy (non-hydrogen) atoms.